The van der Waals surface area contributed by atoms with Gasteiger partial charge in [0.25, 0.3) is 0 Å². The van der Waals surface area contributed by atoms with Crippen LogP contribution in [0.2, 0.25) is 0 Å². The number of benzene rings is 4. The molecule has 6 heteroatoms. The number of fused-ring (bicyclic) bond motifs is 13. The van der Waals surface area contributed by atoms with Crippen molar-refractivity contribution in [1.82, 2.24) is 0 Å². The van der Waals surface area contributed by atoms with Crippen molar-refractivity contribution in [2.45, 2.75) is 140 Å². The van der Waals surface area contributed by atoms with Crippen molar-refractivity contribution in [1.29, 1.82) is 0 Å². The topological polar surface area (TPSA) is 55.4 Å². The molecule has 2 aliphatic heterocycles. The third kappa shape index (κ3) is 8.08. The summed E-state index contributed by atoms with van der Waals surface area (Å²) in [6.07, 6.45) is 17.6. The molecule has 14 bridgehead atoms. The van der Waals surface area contributed by atoms with Crippen molar-refractivity contribution >= 4 is 0 Å². The van der Waals surface area contributed by atoms with Gasteiger partial charge in [0.1, 0.15) is 36.2 Å². The largest absolute Gasteiger partial charge is 0.493 e. The molecular formula is C54H66O6. The lowest BCUT2D eigenvalue weighted by atomic mass is 9.64. The predicted octanol–water partition coefficient (Wildman–Crippen LogP) is 11.6. The van der Waals surface area contributed by atoms with Gasteiger partial charge in [0.15, 0.2) is 0 Å². The van der Waals surface area contributed by atoms with E-state index >= 15 is 0 Å². The van der Waals surface area contributed by atoms with Crippen LogP contribution in [0.15, 0.2) is 48.5 Å². The van der Waals surface area contributed by atoms with Crippen LogP contribution < -0.4 is 18.9 Å². The third-order valence-corrected chi connectivity index (χ3v) is 14.7. The first-order chi connectivity index (χ1) is 29.6. The molecule has 4 unspecified atom stereocenters. The molecule has 4 aromatic rings. The van der Waals surface area contributed by atoms with Crippen LogP contribution in [0, 0.1) is 0 Å². The molecule has 4 atom stereocenters. The minimum Gasteiger partial charge on any atom is -0.493 e. The second kappa shape index (κ2) is 18.2. The van der Waals surface area contributed by atoms with E-state index in [1.54, 1.807) is 0 Å². The normalized spacial score (nSPS) is 24.0. The Morgan fingerprint density at radius 2 is 0.767 bits per heavy atom. The quantitative estimate of drug-likeness (QED) is 0.191. The Bertz CT molecular complexity index is 2020. The molecule has 0 N–H and O–H groups in total. The van der Waals surface area contributed by atoms with Crippen molar-refractivity contribution in [2.75, 3.05) is 52.9 Å². The Balaban J connectivity index is 1.28. The molecule has 0 radical (unpaired) electrons. The molecule has 2 fully saturated rings. The maximum absolute atomic E-state index is 7.07. The number of aryl methyl sites for hydroxylation is 4. The molecule has 2 saturated carbocycles. The van der Waals surface area contributed by atoms with Crippen molar-refractivity contribution < 1.29 is 28.4 Å². The Hall–Kier alpha value is -4.00. The van der Waals surface area contributed by atoms with Crippen molar-refractivity contribution in [3.63, 3.8) is 0 Å². The lowest BCUT2D eigenvalue weighted by molar-refractivity contribution is 0.0268. The molecular weight excluding hydrogens is 745 g/mol. The lowest BCUT2D eigenvalue weighted by Crippen LogP contribution is -2.26. The van der Waals surface area contributed by atoms with Gasteiger partial charge in [-0.05, 0) is 181 Å². The summed E-state index contributed by atoms with van der Waals surface area (Å²) in [4.78, 5) is 0. The Morgan fingerprint density at radius 1 is 0.417 bits per heavy atom. The molecule has 0 saturated heterocycles. The second-order valence-electron chi connectivity index (χ2n) is 18.5. The fourth-order valence-electron chi connectivity index (χ4n) is 11.6. The highest BCUT2D eigenvalue weighted by Gasteiger charge is 2.41. The fraction of sp³-hybridized carbons (Fsp3) is 0.556. The molecule has 6 nitrogen and oxygen atoms in total. The first-order valence-electron chi connectivity index (χ1n) is 23.9. The zero-order valence-corrected chi connectivity index (χ0v) is 36.3. The minimum absolute atomic E-state index is 0.340. The minimum atomic E-state index is 0.340. The lowest BCUT2D eigenvalue weighted by Gasteiger charge is -2.41. The summed E-state index contributed by atoms with van der Waals surface area (Å²) < 4.78 is 40.2. The van der Waals surface area contributed by atoms with Gasteiger partial charge in [-0.25, -0.2) is 0 Å². The van der Waals surface area contributed by atoms with Crippen LogP contribution in [-0.2, 0) is 48.0 Å². The van der Waals surface area contributed by atoms with Crippen LogP contribution >= 0.6 is 0 Å². The van der Waals surface area contributed by atoms with Crippen LogP contribution in [-0.4, -0.2) is 52.9 Å². The first kappa shape index (κ1) is 40.1. The monoisotopic (exact) mass is 810 g/mol. The van der Waals surface area contributed by atoms with Crippen molar-refractivity contribution in [2.24, 2.45) is 0 Å². The summed E-state index contributed by atoms with van der Waals surface area (Å²) in [5.41, 5.74) is 16.5. The van der Waals surface area contributed by atoms with Crippen LogP contribution in [0.5, 0.6) is 23.0 Å². The van der Waals surface area contributed by atoms with E-state index in [0.717, 1.165) is 87.2 Å². The molecule has 11 rings (SSSR count). The Kier molecular flexibility index (Phi) is 12.1. The number of hydrogen-bond donors (Lipinski definition) is 0. The zero-order valence-electron chi connectivity index (χ0n) is 36.3. The van der Waals surface area contributed by atoms with E-state index < -0.39 is 0 Å². The number of hydrogen-bond acceptors (Lipinski definition) is 6. The summed E-state index contributed by atoms with van der Waals surface area (Å²) in [6.45, 7) is 8.68. The van der Waals surface area contributed by atoms with Gasteiger partial charge >= 0.3 is 0 Å². The molecule has 7 aliphatic rings. The standard InChI is InChI=1S/C54H66O6/c1-3-57-51-39-25-35-11-7-5-9-14-38-28-42-34-40-26-36-12-8-6-10-13-37-27-41(33-39)53(50(32-37)46-18-16-44(46)48(30-36)52(40)58-4-2)59-23-21-55-19-20-56-22-24-60-54(42)49(31-38)45-17-15-43(45)47(51)29-35/h25-32,43-46H,3-24,33-34H2,1-2H3. The van der Waals surface area contributed by atoms with E-state index in [0.29, 0.717) is 76.5 Å². The summed E-state index contributed by atoms with van der Waals surface area (Å²) in [5.74, 6) is 5.73. The predicted molar refractivity (Wildman–Crippen MR) is 238 cm³/mol. The average molecular weight is 811 g/mol. The smallest absolute Gasteiger partial charge is 0.126 e. The van der Waals surface area contributed by atoms with Crippen LogP contribution in [0.3, 0.4) is 0 Å². The fourth-order valence-corrected chi connectivity index (χ4v) is 11.6. The average Bonchev–Trinajstić information content (AvgIpc) is 3.21. The highest BCUT2D eigenvalue weighted by molar-refractivity contribution is 5.59. The van der Waals surface area contributed by atoms with Crippen molar-refractivity contribution in [3.05, 3.63) is 115 Å². The van der Waals surface area contributed by atoms with E-state index in [2.05, 4.69) is 62.4 Å². The van der Waals surface area contributed by atoms with E-state index in [9.17, 15) is 0 Å². The van der Waals surface area contributed by atoms with E-state index in [-0.39, 0.29) is 0 Å². The van der Waals surface area contributed by atoms with Gasteiger partial charge in [-0.3, -0.25) is 0 Å². The van der Waals surface area contributed by atoms with Gasteiger partial charge in [-0.2, -0.15) is 0 Å². The zero-order chi connectivity index (χ0) is 40.4. The van der Waals surface area contributed by atoms with Gasteiger partial charge in [0.05, 0.1) is 39.6 Å². The third-order valence-electron chi connectivity index (χ3n) is 14.7. The van der Waals surface area contributed by atoms with Gasteiger partial charge in [0, 0.05) is 12.8 Å². The summed E-state index contributed by atoms with van der Waals surface area (Å²) in [7, 11) is 0. The molecule has 2 heterocycles. The number of rotatable bonds is 4. The van der Waals surface area contributed by atoms with Crippen LogP contribution in [0.25, 0.3) is 0 Å². The van der Waals surface area contributed by atoms with Crippen LogP contribution in [0.1, 0.15) is 168 Å². The van der Waals surface area contributed by atoms with Gasteiger partial charge in [0.2, 0.25) is 0 Å². The maximum atomic E-state index is 7.07. The highest BCUT2D eigenvalue weighted by Crippen LogP contribution is 2.58. The Morgan fingerprint density at radius 3 is 1.15 bits per heavy atom. The molecule has 0 amide bonds. The SMILES string of the molecule is CCOc1c2cc3cc1C1CCC1c1cc(cc4c1OCCOCCOCCOc1c(cc5cc1C1CCC1c1cc(cc(c1OCC)C4)CCCCC5)C2)CCCCC3. The summed E-state index contributed by atoms with van der Waals surface area (Å²) >= 11 is 0. The molecule has 60 heavy (non-hydrogen) atoms. The van der Waals surface area contributed by atoms with Crippen molar-refractivity contribution in [3.8, 4) is 23.0 Å². The maximum Gasteiger partial charge on any atom is 0.126 e. The molecule has 4 aromatic carbocycles. The first-order valence-corrected chi connectivity index (χ1v) is 23.9. The van der Waals surface area contributed by atoms with Gasteiger partial charge in [-0.1, -0.05) is 61.4 Å². The highest BCUT2D eigenvalue weighted by atomic mass is 16.6. The second-order valence-corrected chi connectivity index (χ2v) is 18.5. The van der Waals surface area contributed by atoms with Crippen LogP contribution in [0.4, 0.5) is 0 Å². The summed E-state index contributed by atoms with van der Waals surface area (Å²) in [5, 5.41) is 0. The molecule has 0 aromatic heterocycles. The van der Waals surface area contributed by atoms with E-state index in [1.165, 1.54) is 105 Å². The van der Waals surface area contributed by atoms with E-state index in [1.807, 2.05) is 0 Å². The molecule has 0 spiro atoms. The van der Waals surface area contributed by atoms with Gasteiger partial charge < -0.3 is 28.4 Å². The Labute approximate surface area is 358 Å². The molecule has 5 aliphatic carbocycles. The number of ether oxygens (including phenoxy) is 6. The molecule has 318 valence electrons. The van der Waals surface area contributed by atoms with E-state index in [4.69, 9.17) is 28.4 Å². The summed E-state index contributed by atoms with van der Waals surface area (Å²) in [6, 6.07) is 20.2. The van der Waals surface area contributed by atoms with Gasteiger partial charge in [-0.15, -0.1) is 0 Å².